The molecule has 0 bridgehead atoms. The summed E-state index contributed by atoms with van der Waals surface area (Å²) in [5.41, 5.74) is 8.49. The molecule has 0 saturated heterocycles. The highest BCUT2D eigenvalue weighted by Gasteiger charge is 2.11. The molecule has 2 aromatic rings. The minimum atomic E-state index is 0.329. The second-order valence-corrected chi connectivity index (χ2v) is 5.75. The van der Waals surface area contributed by atoms with Crippen LogP contribution in [0, 0.1) is 6.92 Å². The fourth-order valence-electron chi connectivity index (χ4n) is 2.12. The highest BCUT2D eigenvalue weighted by Crippen LogP contribution is 2.35. The van der Waals surface area contributed by atoms with Crippen molar-refractivity contribution in [1.82, 2.24) is 0 Å². The molecule has 0 radical (unpaired) electrons. The zero-order valence-electron chi connectivity index (χ0n) is 12.7. The van der Waals surface area contributed by atoms with E-state index in [0.29, 0.717) is 23.1 Å². The molecule has 0 aromatic heterocycles. The van der Waals surface area contributed by atoms with Crippen LogP contribution in [0.4, 0.5) is 5.69 Å². The molecule has 2 N–H and O–H groups in total. The number of halogens is 1. The smallest absolute Gasteiger partial charge is 0.133 e. The molecule has 0 atom stereocenters. The van der Waals surface area contributed by atoms with Gasteiger partial charge in [-0.3, -0.25) is 0 Å². The van der Waals surface area contributed by atoms with Crippen LogP contribution in [-0.4, -0.2) is 7.11 Å². The molecule has 0 aliphatic carbocycles. The lowest BCUT2D eigenvalue weighted by atomic mass is 10.0. The molecular formula is C17H20ClNO2. The van der Waals surface area contributed by atoms with Gasteiger partial charge in [-0.15, -0.1) is 0 Å². The molecule has 0 spiro atoms. The van der Waals surface area contributed by atoms with E-state index in [1.54, 1.807) is 25.3 Å². The number of anilines is 1. The summed E-state index contributed by atoms with van der Waals surface area (Å²) >= 11 is 6.28. The van der Waals surface area contributed by atoms with Crippen LogP contribution >= 0.6 is 11.6 Å². The van der Waals surface area contributed by atoms with Gasteiger partial charge in [0.1, 0.15) is 17.2 Å². The van der Waals surface area contributed by atoms with Crippen LogP contribution in [0.3, 0.4) is 0 Å². The van der Waals surface area contributed by atoms with Gasteiger partial charge in [-0.05, 0) is 36.1 Å². The highest BCUT2D eigenvalue weighted by molar-refractivity contribution is 6.31. The van der Waals surface area contributed by atoms with Gasteiger partial charge < -0.3 is 15.2 Å². The molecule has 4 heteroatoms. The van der Waals surface area contributed by atoms with Gasteiger partial charge in [0.15, 0.2) is 0 Å². The SMILES string of the molecule is COc1cc(N)cc(Oc2cc(C(C)C)c(Cl)cc2C)c1. The summed E-state index contributed by atoms with van der Waals surface area (Å²) in [5.74, 6) is 2.42. The van der Waals surface area contributed by atoms with E-state index in [-0.39, 0.29) is 0 Å². The minimum absolute atomic E-state index is 0.329. The van der Waals surface area contributed by atoms with Crippen molar-refractivity contribution in [3.05, 3.63) is 46.5 Å². The number of aryl methyl sites for hydroxylation is 1. The van der Waals surface area contributed by atoms with Crippen LogP contribution in [0.5, 0.6) is 17.2 Å². The summed E-state index contributed by atoms with van der Waals surface area (Å²) in [5, 5.41) is 0.764. The number of hydrogen-bond acceptors (Lipinski definition) is 3. The molecule has 0 aliphatic heterocycles. The molecule has 0 aliphatic rings. The second-order valence-electron chi connectivity index (χ2n) is 5.34. The molecule has 112 valence electrons. The molecule has 0 fully saturated rings. The number of hydrogen-bond donors (Lipinski definition) is 1. The molecule has 0 saturated carbocycles. The number of rotatable bonds is 4. The third-order valence-corrected chi connectivity index (χ3v) is 3.61. The number of benzene rings is 2. The molecule has 0 unspecified atom stereocenters. The van der Waals surface area contributed by atoms with Crippen molar-refractivity contribution in [2.24, 2.45) is 0 Å². The first-order valence-corrected chi connectivity index (χ1v) is 7.21. The fourth-order valence-corrected chi connectivity index (χ4v) is 2.55. The van der Waals surface area contributed by atoms with Crippen molar-refractivity contribution in [2.75, 3.05) is 12.8 Å². The molecule has 0 heterocycles. The Balaban J connectivity index is 2.39. The lowest BCUT2D eigenvalue weighted by molar-refractivity contribution is 0.409. The highest BCUT2D eigenvalue weighted by atomic mass is 35.5. The summed E-state index contributed by atoms with van der Waals surface area (Å²) in [6.07, 6.45) is 0. The van der Waals surface area contributed by atoms with E-state index >= 15 is 0 Å². The lowest BCUT2D eigenvalue weighted by Crippen LogP contribution is -1.95. The number of methoxy groups -OCH3 is 1. The lowest BCUT2D eigenvalue weighted by Gasteiger charge is -2.15. The van der Waals surface area contributed by atoms with Gasteiger partial charge in [0.05, 0.1) is 7.11 Å². The molecule has 21 heavy (non-hydrogen) atoms. The van der Waals surface area contributed by atoms with Gasteiger partial charge in [0.25, 0.3) is 0 Å². The van der Waals surface area contributed by atoms with E-state index in [2.05, 4.69) is 13.8 Å². The third kappa shape index (κ3) is 3.61. The summed E-state index contributed by atoms with van der Waals surface area (Å²) in [7, 11) is 1.60. The summed E-state index contributed by atoms with van der Waals surface area (Å²) in [6, 6.07) is 9.24. The molecule has 0 amide bonds. The molecule has 2 rings (SSSR count). The predicted molar refractivity (Wildman–Crippen MR) is 87.8 cm³/mol. The van der Waals surface area contributed by atoms with Crippen molar-refractivity contribution in [1.29, 1.82) is 0 Å². The van der Waals surface area contributed by atoms with Crippen molar-refractivity contribution in [2.45, 2.75) is 26.7 Å². The molecular weight excluding hydrogens is 286 g/mol. The van der Waals surface area contributed by atoms with Crippen molar-refractivity contribution in [3.63, 3.8) is 0 Å². The average molecular weight is 306 g/mol. The standard InChI is InChI=1S/C17H20ClNO2/c1-10(2)15-9-17(11(3)5-16(15)18)21-14-7-12(19)6-13(8-14)20-4/h5-10H,19H2,1-4H3. The Morgan fingerprint density at radius 1 is 1.05 bits per heavy atom. The van der Waals surface area contributed by atoms with Crippen molar-refractivity contribution < 1.29 is 9.47 Å². The molecule has 2 aromatic carbocycles. The van der Waals surface area contributed by atoms with Gasteiger partial charge in [0.2, 0.25) is 0 Å². The normalized spacial score (nSPS) is 10.8. The van der Waals surface area contributed by atoms with E-state index in [4.69, 9.17) is 26.8 Å². The predicted octanol–water partition coefficient (Wildman–Crippen LogP) is 5.15. The van der Waals surface area contributed by atoms with Crippen LogP contribution in [-0.2, 0) is 0 Å². The van der Waals surface area contributed by atoms with Crippen molar-refractivity contribution in [3.8, 4) is 17.2 Å². The first-order valence-electron chi connectivity index (χ1n) is 6.83. The zero-order valence-corrected chi connectivity index (χ0v) is 13.5. The minimum Gasteiger partial charge on any atom is -0.497 e. The molecule has 3 nitrogen and oxygen atoms in total. The van der Waals surface area contributed by atoms with Crippen LogP contribution in [0.1, 0.15) is 30.9 Å². The maximum atomic E-state index is 6.28. The number of nitrogens with two attached hydrogens (primary N) is 1. The third-order valence-electron chi connectivity index (χ3n) is 3.28. The Morgan fingerprint density at radius 2 is 1.71 bits per heavy atom. The van der Waals surface area contributed by atoms with Gasteiger partial charge in [-0.1, -0.05) is 25.4 Å². The van der Waals surface area contributed by atoms with Gasteiger partial charge in [0, 0.05) is 28.9 Å². The quantitative estimate of drug-likeness (QED) is 0.794. The van der Waals surface area contributed by atoms with Gasteiger partial charge in [-0.25, -0.2) is 0 Å². The number of ether oxygens (including phenoxy) is 2. The largest absolute Gasteiger partial charge is 0.497 e. The Hall–Kier alpha value is -1.87. The monoisotopic (exact) mass is 305 g/mol. The van der Waals surface area contributed by atoms with Gasteiger partial charge >= 0.3 is 0 Å². The van der Waals surface area contributed by atoms with E-state index in [0.717, 1.165) is 21.9 Å². The maximum Gasteiger partial charge on any atom is 0.133 e. The second kappa shape index (κ2) is 6.27. The topological polar surface area (TPSA) is 44.5 Å². The van der Waals surface area contributed by atoms with E-state index in [1.807, 2.05) is 19.1 Å². The van der Waals surface area contributed by atoms with Crippen LogP contribution < -0.4 is 15.2 Å². The first-order chi connectivity index (χ1) is 9.90. The van der Waals surface area contributed by atoms with Crippen LogP contribution in [0.2, 0.25) is 5.02 Å². The van der Waals surface area contributed by atoms with Crippen LogP contribution in [0.25, 0.3) is 0 Å². The van der Waals surface area contributed by atoms with E-state index in [9.17, 15) is 0 Å². The van der Waals surface area contributed by atoms with Gasteiger partial charge in [-0.2, -0.15) is 0 Å². The number of nitrogen functional groups attached to an aromatic ring is 1. The Kier molecular flexibility index (Phi) is 4.63. The zero-order chi connectivity index (χ0) is 15.6. The Morgan fingerprint density at radius 3 is 2.33 bits per heavy atom. The summed E-state index contributed by atoms with van der Waals surface area (Å²) in [6.45, 7) is 6.17. The van der Waals surface area contributed by atoms with E-state index in [1.165, 1.54) is 0 Å². The fraction of sp³-hybridized carbons (Fsp3) is 0.294. The van der Waals surface area contributed by atoms with Crippen molar-refractivity contribution >= 4 is 17.3 Å². The average Bonchev–Trinajstić information content (AvgIpc) is 2.40. The summed E-state index contributed by atoms with van der Waals surface area (Å²) < 4.78 is 11.2. The Bertz CT molecular complexity index is 653. The maximum absolute atomic E-state index is 6.28. The first kappa shape index (κ1) is 15.5. The van der Waals surface area contributed by atoms with Crippen LogP contribution in [0.15, 0.2) is 30.3 Å². The van der Waals surface area contributed by atoms with E-state index < -0.39 is 0 Å². The Labute approximate surface area is 130 Å². The summed E-state index contributed by atoms with van der Waals surface area (Å²) in [4.78, 5) is 0.